The van der Waals surface area contributed by atoms with Crippen LogP contribution in [0.3, 0.4) is 0 Å². The Morgan fingerprint density at radius 1 is 1.26 bits per heavy atom. The third-order valence-corrected chi connectivity index (χ3v) is 2.88. The largest absolute Gasteiger partial charge is 0.496 e. The summed E-state index contributed by atoms with van der Waals surface area (Å²) in [6.07, 6.45) is 0.949. The smallest absolute Gasteiger partial charge is 0.166 e. The Kier molecular flexibility index (Phi) is 7.93. The van der Waals surface area contributed by atoms with E-state index in [1.54, 1.807) is 7.11 Å². The van der Waals surface area contributed by atoms with E-state index in [9.17, 15) is 0 Å². The van der Waals surface area contributed by atoms with Gasteiger partial charge >= 0.3 is 0 Å². The number of thiocarbonyl (C=S) groups is 1. The molecule has 0 fully saturated rings. The van der Waals surface area contributed by atoms with Gasteiger partial charge in [-0.1, -0.05) is 18.2 Å². The molecule has 1 rings (SSSR count). The summed E-state index contributed by atoms with van der Waals surface area (Å²) in [5, 5.41) is 6.97. The molecule has 0 saturated heterocycles. The molecule has 0 bridgehead atoms. The summed E-state index contributed by atoms with van der Waals surface area (Å²) in [4.78, 5) is 0. The first-order valence-corrected chi connectivity index (χ1v) is 6.90. The monoisotopic (exact) mass is 282 g/mol. The van der Waals surface area contributed by atoms with Gasteiger partial charge in [-0.3, -0.25) is 0 Å². The molecular formula is C14H22N2O2S. The molecule has 0 radical (unpaired) electrons. The molecule has 0 spiro atoms. The highest BCUT2D eigenvalue weighted by atomic mass is 32.1. The fourth-order valence-corrected chi connectivity index (χ4v) is 1.78. The van der Waals surface area contributed by atoms with E-state index in [0.717, 1.165) is 37.5 Å². The second-order valence-electron chi connectivity index (χ2n) is 3.97. The lowest BCUT2D eigenvalue weighted by Gasteiger charge is -2.12. The fraction of sp³-hybridized carbons (Fsp3) is 0.500. The Morgan fingerprint density at radius 2 is 2.05 bits per heavy atom. The Morgan fingerprint density at radius 3 is 2.79 bits per heavy atom. The molecule has 1 aromatic rings. The third kappa shape index (κ3) is 6.40. The van der Waals surface area contributed by atoms with E-state index >= 15 is 0 Å². The zero-order valence-electron chi connectivity index (χ0n) is 11.6. The van der Waals surface area contributed by atoms with Crippen molar-refractivity contribution >= 4 is 17.3 Å². The molecular weight excluding hydrogens is 260 g/mol. The van der Waals surface area contributed by atoms with Gasteiger partial charge in [0.2, 0.25) is 0 Å². The van der Waals surface area contributed by atoms with Gasteiger partial charge in [0.05, 0.1) is 7.11 Å². The van der Waals surface area contributed by atoms with E-state index in [-0.39, 0.29) is 0 Å². The normalized spacial score (nSPS) is 10.0. The van der Waals surface area contributed by atoms with Crippen molar-refractivity contribution in [1.82, 2.24) is 10.6 Å². The van der Waals surface area contributed by atoms with E-state index in [1.165, 1.54) is 0 Å². The maximum Gasteiger partial charge on any atom is 0.166 e. The molecule has 5 heteroatoms. The van der Waals surface area contributed by atoms with Crippen molar-refractivity contribution in [2.45, 2.75) is 19.9 Å². The standard InChI is InChI=1S/C14H22N2O2S/c1-3-18-10-6-9-15-14(19)16-11-12-7-4-5-8-13(12)17-2/h4-5,7-8H,3,6,9-11H2,1-2H3,(H2,15,16,19). The van der Waals surface area contributed by atoms with Gasteiger partial charge in [-0.15, -0.1) is 0 Å². The van der Waals surface area contributed by atoms with E-state index in [2.05, 4.69) is 10.6 Å². The zero-order chi connectivity index (χ0) is 13.9. The highest BCUT2D eigenvalue weighted by Gasteiger charge is 2.02. The van der Waals surface area contributed by atoms with Crippen molar-refractivity contribution in [2.24, 2.45) is 0 Å². The predicted molar refractivity (Wildman–Crippen MR) is 81.5 cm³/mol. The minimum absolute atomic E-state index is 0.654. The molecule has 106 valence electrons. The molecule has 2 N–H and O–H groups in total. The lowest BCUT2D eigenvalue weighted by Crippen LogP contribution is -2.35. The summed E-state index contributed by atoms with van der Waals surface area (Å²) in [7, 11) is 1.67. The molecule has 1 aromatic carbocycles. The molecule has 4 nitrogen and oxygen atoms in total. The molecule has 19 heavy (non-hydrogen) atoms. The number of rotatable bonds is 8. The van der Waals surface area contributed by atoms with Crippen LogP contribution in [0.4, 0.5) is 0 Å². The van der Waals surface area contributed by atoms with Gasteiger partial charge in [0, 0.05) is 31.9 Å². The van der Waals surface area contributed by atoms with E-state index in [0.29, 0.717) is 11.7 Å². The van der Waals surface area contributed by atoms with Crippen molar-refractivity contribution in [1.29, 1.82) is 0 Å². The maximum atomic E-state index is 5.28. The van der Waals surface area contributed by atoms with Crippen LogP contribution in [0.15, 0.2) is 24.3 Å². The first-order valence-electron chi connectivity index (χ1n) is 6.49. The summed E-state index contributed by atoms with van der Waals surface area (Å²) in [5.41, 5.74) is 1.09. The van der Waals surface area contributed by atoms with Crippen LogP contribution in [-0.2, 0) is 11.3 Å². The van der Waals surface area contributed by atoms with Crippen molar-refractivity contribution in [3.63, 3.8) is 0 Å². The molecule has 0 unspecified atom stereocenters. The minimum Gasteiger partial charge on any atom is -0.496 e. The van der Waals surface area contributed by atoms with Crippen LogP contribution in [0.5, 0.6) is 5.75 Å². The average Bonchev–Trinajstić information content (AvgIpc) is 2.45. The maximum absolute atomic E-state index is 5.28. The van der Waals surface area contributed by atoms with Gasteiger partial charge in [-0.2, -0.15) is 0 Å². The SMILES string of the molecule is CCOCCCNC(=S)NCc1ccccc1OC. The molecule has 0 amide bonds. The van der Waals surface area contributed by atoms with E-state index in [4.69, 9.17) is 21.7 Å². The lowest BCUT2D eigenvalue weighted by atomic mass is 10.2. The van der Waals surface area contributed by atoms with Gasteiger partial charge in [0.15, 0.2) is 5.11 Å². The number of methoxy groups -OCH3 is 1. The summed E-state index contributed by atoms with van der Waals surface area (Å²) in [6, 6.07) is 7.89. The van der Waals surface area contributed by atoms with Gasteiger partial charge < -0.3 is 20.1 Å². The predicted octanol–water partition coefficient (Wildman–Crippen LogP) is 2.09. The summed E-state index contributed by atoms with van der Waals surface area (Å²) >= 11 is 5.21. The Bertz CT molecular complexity index is 385. The van der Waals surface area contributed by atoms with Crippen LogP contribution < -0.4 is 15.4 Å². The summed E-state index contributed by atoms with van der Waals surface area (Å²) in [6.45, 7) is 4.99. The number of nitrogens with one attached hydrogen (secondary N) is 2. The average molecular weight is 282 g/mol. The van der Waals surface area contributed by atoms with Gasteiger partial charge in [-0.25, -0.2) is 0 Å². The van der Waals surface area contributed by atoms with Crippen LogP contribution in [0.2, 0.25) is 0 Å². The van der Waals surface area contributed by atoms with Gasteiger partial charge in [-0.05, 0) is 31.6 Å². The number of ether oxygens (including phenoxy) is 2. The lowest BCUT2D eigenvalue weighted by molar-refractivity contribution is 0.145. The van der Waals surface area contributed by atoms with Crippen LogP contribution in [0, 0.1) is 0 Å². The minimum atomic E-state index is 0.654. The Balaban J connectivity index is 2.22. The summed E-state index contributed by atoms with van der Waals surface area (Å²) in [5.74, 6) is 0.870. The fourth-order valence-electron chi connectivity index (χ4n) is 1.61. The molecule has 0 aromatic heterocycles. The number of hydrogen-bond donors (Lipinski definition) is 2. The highest BCUT2D eigenvalue weighted by Crippen LogP contribution is 2.16. The molecule has 0 aliphatic carbocycles. The molecule has 0 saturated carbocycles. The van der Waals surface area contributed by atoms with Gasteiger partial charge in [0.1, 0.15) is 5.75 Å². The van der Waals surface area contributed by atoms with Crippen LogP contribution >= 0.6 is 12.2 Å². The number of para-hydroxylation sites is 1. The first-order chi connectivity index (χ1) is 9.27. The number of benzene rings is 1. The van der Waals surface area contributed by atoms with Crippen molar-refractivity contribution in [2.75, 3.05) is 26.9 Å². The van der Waals surface area contributed by atoms with Crippen LogP contribution in [0.25, 0.3) is 0 Å². The van der Waals surface area contributed by atoms with Crippen molar-refractivity contribution < 1.29 is 9.47 Å². The topological polar surface area (TPSA) is 42.5 Å². The number of hydrogen-bond acceptors (Lipinski definition) is 3. The van der Waals surface area contributed by atoms with Crippen LogP contribution in [0.1, 0.15) is 18.9 Å². The second kappa shape index (κ2) is 9.58. The molecule has 0 atom stereocenters. The third-order valence-electron chi connectivity index (χ3n) is 2.59. The van der Waals surface area contributed by atoms with E-state index in [1.807, 2.05) is 31.2 Å². The highest BCUT2D eigenvalue weighted by molar-refractivity contribution is 7.80. The van der Waals surface area contributed by atoms with Crippen molar-refractivity contribution in [3.8, 4) is 5.75 Å². The first kappa shape index (κ1) is 15.7. The molecule has 0 aliphatic rings. The second-order valence-corrected chi connectivity index (χ2v) is 4.38. The van der Waals surface area contributed by atoms with Gasteiger partial charge in [0.25, 0.3) is 0 Å². The van der Waals surface area contributed by atoms with Crippen LogP contribution in [-0.4, -0.2) is 32.0 Å². The summed E-state index contributed by atoms with van der Waals surface area (Å²) < 4.78 is 10.5. The Labute approximate surface area is 120 Å². The molecule has 0 heterocycles. The zero-order valence-corrected chi connectivity index (χ0v) is 12.4. The van der Waals surface area contributed by atoms with Crippen molar-refractivity contribution in [3.05, 3.63) is 29.8 Å². The van der Waals surface area contributed by atoms with E-state index < -0.39 is 0 Å². The molecule has 0 aliphatic heterocycles. The Hall–Kier alpha value is -1.33. The quantitative estimate of drug-likeness (QED) is 0.564.